The fraction of sp³-hybridized carbons (Fsp3) is 0.643. The number of nitrogens with zero attached hydrogens (tertiary/aromatic N) is 2. The Balaban J connectivity index is 1.75. The topological polar surface area (TPSA) is 28.2 Å². The van der Waals surface area contributed by atoms with Gasteiger partial charge in [-0.1, -0.05) is 0 Å². The molecule has 2 aliphatic rings. The molecule has 0 aliphatic carbocycles. The molecule has 2 aliphatic heterocycles. The van der Waals surface area contributed by atoms with Gasteiger partial charge in [0.25, 0.3) is 0 Å². The predicted molar refractivity (Wildman–Crippen MR) is 78.0 cm³/mol. The number of hydrogen-bond donors (Lipinski definition) is 1. The van der Waals surface area contributed by atoms with Crippen molar-refractivity contribution < 1.29 is 0 Å². The van der Waals surface area contributed by atoms with Gasteiger partial charge in [-0.3, -0.25) is 0 Å². The van der Waals surface area contributed by atoms with Gasteiger partial charge in [0.15, 0.2) is 0 Å². The average molecular weight is 310 g/mol. The molecule has 98 valence electrons. The number of hydrogen-bond acceptors (Lipinski definition) is 3. The molecular weight excluding hydrogens is 290 g/mol. The maximum absolute atomic E-state index is 4.56. The first-order valence-electron chi connectivity index (χ1n) is 6.84. The van der Waals surface area contributed by atoms with Crippen molar-refractivity contribution >= 4 is 21.7 Å². The van der Waals surface area contributed by atoms with E-state index in [0.29, 0.717) is 0 Å². The molecule has 2 atom stereocenters. The second-order valence-electron chi connectivity index (χ2n) is 5.49. The summed E-state index contributed by atoms with van der Waals surface area (Å²) >= 11 is 3.52. The Hall–Kier alpha value is -0.610. The summed E-state index contributed by atoms with van der Waals surface area (Å²) in [5, 5.41) is 3.66. The first kappa shape index (κ1) is 12.4. The normalized spacial score (nSPS) is 28.0. The van der Waals surface area contributed by atoms with E-state index in [1.165, 1.54) is 31.4 Å². The van der Waals surface area contributed by atoms with Gasteiger partial charge in [0.05, 0.1) is 0 Å². The molecule has 0 amide bonds. The van der Waals surface area contributed by atoms with E-state index < -0.39 is 0 Å². The van der Waals surface area contributed by atoms with E-state index in [-0.39, 0.29) is 0 Å². The van der Waals surface area contributed by atoms with Gasteiger partial charge in [-0.2, -0.15) is 0 Å². The van der Waals surface area contributed by atoms with E-state index in [0.717, 1.165) is 35.3 Å². The number of fused-ring (bicyclic) bond motifs is 1. The predicted octanol–water partition coefficient (Wildman–Crippen LogP) is 2.73. The Morgan fingerprint density at radius 1 is 1.44 bits per heavy atom. The Morgan fingerprint density at radius 2 is 2.33 bits per heavy atom. The molecule has 18 heavy (non-hydrogen) atoms. The summed E-state index contributed by atoms with van der Waals surface area (Å²) in [6.45, 7) is 5.62. The smallest absolute Gasteiger partial charge is 0.128 e. The van der Waals surface area contributed by atoms with Crippen LogP contribution < -0.4 is 10.2 Å². The zero-order valence-electron chi connectivity index (χ0n) is 10.8. The second-order valence-corrected chi connectivity index (χ2v) is 6.34. The lowest BCUT2D eigenvalue weighted by atomic mass is 9.85. The molecule has 0 bridgehead atoms. The monoisotopic (exact) mass is 309 g/mol. The van der Waals surface area contributed by atoms with Crippen molar-refractivity contribution in [2.24, 2.45) is 5.92 Å². The highest BCUT2D eigenvalue weighted by Crippen LogP contribution is 2.28. The van der Waals surface area contributed by atoms with Crippen LogP contribution in [0.25, 0.3) is 0 Å². The van der Waals surface area contributed by atoms with Gasteiger partial charge in [-0.05, 0) is 66.2 Å². The molecule has 0 radical (unpaired) electrons. The first-order valence-corrected chi connectivity index (χ1v) is 7.64. The van der Waals surface area contributed by atoms with E-state index in [1.807, 2.05) is 6.20 Å². The highest BCUT2D eigenvalue weighted by molar-refractivity contribution is 9.10. The summed E-state index contributed by atoms with van der Waals surface area (Å²) in [6.07, 6.45) is 5.86. The van der Waals surface area contributed by atoms with E-state index in [9.17, 15) is 0 Å². The highest BCUT2D eigenvalue weighted by Gasteiger charge is 2.31. The maximum Gasteiger partial charge on any atom is 0.128 e. The number of anilines is 1. The molecule has 2 fully saturated rings. The Bertz CT molecular complexity index is 435. The number of aromatic nitrogens is 1. The number of rotatable bonds is 1. The van der Waals surface area contributed by atoms with Crippen molar-refractivity contribution in [1.29, 1.82) is 0 Å². The van der Waals surface area contributed by atoms with Gasteiger partial charge in [-0.25, -0.2) is 4.98 Å². The van der Waals surface area contributed by atoms with Gasteiger partial charge in [0.2, 0.25) is 0 Å². The van der Waals surface area contributed by atoms with Crippen molar-refractivity contribution in [3.05, 3.63) is 22.3 Å². The molecule has 0 saturated carbocycles. The third-order valence-electron chi connectivity index (χ3n) is 4.25. The van der Waals surface area contributed by atoms with Crippen molar-refractivity contribution in [1.82, 2.24) is 10.3 Å². The fourth-order valence-electron chi connectivity index (χ4n) is 3.15. The summed E-state index contributed by atoms with van der Waals surface area (Å²) in [5.41, 5.74) is 1.27. The SMILES string of the molecule is Cc1cc(N2CCC3NCCCC3C2)ncc1Br. The number of aryl methyl sites for hydroxylation is 1. The summed E-state index contributed by atoms with van der Waals surface area (Å²) in [4.78, 5) is 7.01. The Labute approximate surface area is 117 Å². The van der Waals surface area contributed by atoms with E-state index >= 15 is 0 Å². The van der Waals surface area contributed by atoms with Crippen molar-refractivity contribution in [3.63, 3.8) is 0 Å². The number of halogens is 1. The summed E-state index contributed by atoms with van der Waals surface area (Å²) in [5.74, 6) is 1.94. The average Bonchev–Trinajstić information content (AvgIpc) is 2.41. The van der Waals surface area contributed by atoms with Crippen LogP contribution in [0, 0.1) is 12.8 Å². The summed E-state index contributed by atoms with van der Waals surface area (Å²) < 4.78 is 1.10. The van der Waals surface area contributed by atoms with Crippen LogP contribution in [0.3, 0.4) is 0 Å². The van der Waals surface area contributed by atoms with Crippen LogP contribution in [0.4, 0.5) is 5.82 Å². The minimum Gasteiger partial charge on any atom is -0.356 e. The molecule has 1 aromatic heterocycles. The number of nitrogens with one attached hydrogen (secondary N) is 1. The molecule has 2 saturated heterocycles. The van der Waals surface area contributed by atoms with Crippen LogP contribution in [-0.2, 0) is 0 Å². The zero-order chi connectivity index (χ0) is 12.5. The quantitative estimate of drug-likeness (QED) is 0.864. The summed E-state index contributed by atoms with van der Waals surface area (Å²) in [6, 6.07) is 2.94. The van der Waals surface area contributed by atoms with Crippen LogP contribution in [0.15, 0.2) is 16.7 Å². The molecule has 0 spiro atoms. The molecule has 3 heterocycles. The minimum atomic E-state index is 0.742. The third kappa shape index (κ3) is 2.41. The standard InChI is InChI=1S/C14H20BrN3/c1-10-7-14(17-8-12(10)15)18-6-4-13-11(9-18)3-2-5-16-13/h7-8,11,13,16H,2-6,9H2,1H3. The second kappa shape index (κ2) is 5.17. The molecule has 3 rings (SSSR count). The molecule has 1 N–H and O–H groups in total. The van der Waals surface area contributed by atoms with Crippen LogP contribution in [0.1, 0.15) is 24.8 Å². The lowest BCUT2D eigenvalue weighted by Crippen LogP contribution is -2.52. The molecule has 0 aromatic carbocycles. The lowest BCUT2D eigenvalue weighted by Gasteiger charge is -2.42. The maximum atomic E-state index is 4.56. The molecular formula is C14H20BrN3. The van der Waals surface area contributed by atoms with Crippen molar-refractivity contribution in [2.75, 3.05) is 24.5 Å². The number of piperidine rings is 2. The van der Waals surface area contributed by atoms with Gasteiger partial charge in [-0.15, -0.1) is 0 Å². The highest BCUT2D eigenvalue weighted by atomic mass is 79.9. The van der Waals surface area contributed by atoms with Crippen molar-refractivity contribution in [2.45, 2.75) is 32.2 Å². The van der Waals surface area contributed by atoms with Crippen LogP contribution in [0.5, 0.6) is 0 Å². The van der Waals surface area contributed by atoms with E-state index in [2.05, 4.69) is 44.1 Å². The van der Waals surface area contributed by atoms with E-state index in [1.54, 1.807) is 0 Å². The van der Waals surface area contributed by atoms with Crippen molar-refractivity contribution in [3.8, 4) is 0 Å². The molecule has 3 nitrogen and oxygen atoms in total. The molecule has 1 aromatic rings. The fourth-order valence-corrected chi connectivity index (χ4v) is 3.37. The van der Waals surface area contributed by atoms with Crippen LogP contribution in [0.2, 0.25) is 0 Å². The largest absolute Gasteiger partial charge is 0.356 e. The molecule has 4 heteroatoms. The third-order valence-corrected chi connectivity index (χ3v) is 5.08. The lowest BCUT2D eigenvalue weighted by molar-refractivity contribution is 0.244. The minimum absolute atomic E-state index is 0.742. The van der Waals surface area contributed by atoms with E-state index in [4.69, 9.17) is 0 Å². The van der Waals surface area contributed by atoms with Gasteiger partial charge in [0.1, 0.15) is 5.82 Å². The number of pyridine rings is 1. The first-order chi connectivity index (χ1) is 8.74. The zero-order valence-corrected chi connectivity index (χ0v) is 12.4. The van der Waals surface area contributed by atoms with Crippen LogP contribution in [-0.4, -0.2) is 30.7 Å². The van der Waals surface area contributed by atoms with Crippen LogP contribution >= 0.6 is 15.9 Å². The summed E-state index contributed by atoms with van der Waals surface area (Å²) in [7, 11) is 0. The van der Waals surface area contributed by atoms with Gasteiger partial charge < -0.3 is 10.2 Å². The van der Waals surface area contributed by atoms with Gasteiger partial charge in [0, 0.05) is 29.8 Å². The van der Waals surface area contributed by atoms with Gasteiger partial charge >= 0.3 is 0 Å². The Morgan fingerprint density at radius 3 is 3.17 bits per heavy atom. The Kier molecular flexibility index (Phi) is 3.57. The molecule has 2 unspecified atom stereocenters.